The topological polar surface area (TPSA) is 68.5 Å². The first-order chi connectivity index (χ1) is 8.58. The average Bonchev–Trinajstić information content (AvgIpc) is 3.06. The quantitative estimate of drug-likeness (QED) is 0.796. The van der Waals surface area contributed by atoms with Crippen LogP contribution in [-0.2, 0) is 16.1 Å². The molecule has 0 bridgehead atoms. The lowest BCUT2D eigenvalue weighted by atomic mass is 9.87. The van der Waals surface area contributed by atoms with Crippen LogP contribution in [0.2, 0.25) is 0 Å². The van der Waals surface area contributed by atoms with E-state index in [1.165, 1.54) is 0 Å². The van der Waals surface area contributed by atoms with Crippen LogP contribution >= 0.6 is 0 Å². The Morgan fingerprint density at radius 3 is 2.78 bits per heavy atom. The molecule has 18 heavy (non-hydrogen) atoms. The highest BCUT2D eigenvalue weighted by Crippen LogP contribution is 2.38. The van der Waals surface area contributed by atoms with Gasteiger partial charge in [0, 0.05) is 13.0 Å². The first kappa shape index (κ1) is 11.6. The van der Waals surface area contributed by atoms with Crippen LogP contribution in [0.1, 0.15) is 37.4 Å². The molecular formula is C12H17N3O3. The third-order valence-electron chi connectivity index (χ3n) is 3.49. The van der Waals surface area contributed by atoms with Gasteiger partial charge in [-0.25, -0.2) is 0 Å². The number of nitrogens with zero attached hydrogens (tertiary/aromatic N) is 3. The third-order valence-corrected chi connectivity index (χ3v) is 3.49. The van der Waals surface area contributed by atoms with E-state index in [0.717, 1.165) is 12.8 Å². The van der Waals surface area contributed by atoms with Crippen LogP contribution in [0.5, 0.6) is 0 Å². The van der Waals surface area contributed by atoms with Gasteiger partial charge in [0.1, 0.15) is 0 Å². The van der Waals surface area contributed by atoms with E-state index in [0.29, 0.717) is 37.4 Å². The number of hydrogen-bond donors (Lipinski definition) is 0. The lowest BCUT2D eigenvalue weighted by molar-refractivity contribution is -0.168. The van der Waals surface area contributed by atoms with Crippen molar-refractivity contribution < 1.29 is 14.1 Å². The van der Waals surface area contributed by atoms with Crippen molar-refractivity contribution >= 4 is 5.91 Å². The molecule has 0 N–H and O–H groups in total. The summed E-state index contributed by atoms with van der Waals surface area (Å²) in [6.07, 6.45) is 2.26. The maximum atomic E-state index is 12.2. The zero-order valence-corrected chi connectivity index (χ0v) is 10.7. The highest BCUT2D eigenvalue weighted by Gasteiger charge is 2.43. The average molecular weight is 251 g/mol. The Bertz CT molecular complexity index is 463. The summed E-state index contributed by atoms with van der Waals surface area (Å²) >= 11 is 0. The monoisotopic (exact) mass is 251 g/mol. The van der Waals surface area contributed by atoms with Crippen LogP contribution in [0.4, 0.5) is 0 Å². The Labute approximate surface area is 105 Å². The minimum Gasteiger partial charge on any atom is -0.379 e. The van der Waals surface area contributed by atoms with Crippen LogP contribution in [0.3, 0.4) is 0 Å². The number of carbonyl (C=O) groups is 1. The van der Waals surface area contributed by atoms with E-state index in [1.807, 2.05) is 6.92 Å². The van der Waals surface area contributed by atoms with Crippen molar-refractivity contribution in [3.63, 3.8) is 0 Å². The number of hydrogen-bond acceptors (Lipinski definition) is 5. The molecule has 1 amide bonds. The van der Waals surface area contributed by atoms with Crippen molar-refractivity contribution in [2.45, 2.75) is 32.2 Å². The normalized spacial score (nSPS) is 21.4. The molecule has 0 radical (unpaired) electrons. The first-order valence-electron chi connectivity index (χ1n) is 6.24. The zero-order chi connectivity index (χ0) is 12.8. The van der Waals surface area contributed by atoms with Gasteiger partial charge in [0.05, 0.1) is 25.2 Å². The summed E-state index contributed by atoms with van der Waals surface area (Å²) in [6.45, 7) is 3.30. The summed E-state index contributed by atoms with van der Waals surface area (Å²) in [6, 6.07) is 0. The molecule has 6 heteroatoms. The molecule has 2 fully saturated rings. The fraction of sp³-hybridized carbons (Fsp3) is 0.750. The number of ether oxygens (including phenoxy) is 1. The minimum atomic E-state index is -0.377. The molecule has 1 saturated carbocycles. The summed E-state index contributed by atoms with van der Waals surface area (Å²) in [5.74, 6) is 1.82. The van der Waals surface area contributed by atoms with Gasteiger partial charge in [0.15, 0.2) is 5.82 Å². The first-order valence-corrected chi connectivity index (χ1v) is 6.24. The maximum absolute atomic E-state index is 12.2. The summed E-state index contributed by atoms with van der Waals surface area (Å²) < 4.78 is 10.3. The SMILES string of the molecule is CN(Cc1noc(C2CC2)n1)C(=O)C1(C)COC1. The molecule has 1 saturated heterocycles. The highest BCUT2D eigenvalue weighted by molar-refractivity contribution is 5.83. The van der Waals surface area contributed by atoms with Crippen LogP contribution in [0.25, 0.3) is 0 Å². The molecule has 0 unspecified atom stereocenters. The Morgan fingerprint density at radius 1 is 1.50 bits per heavy atom. The molecule has 0 atom stereocenters. The molecule has 0 spiro atoms. The van der Waals surface area contributed by atoms with E-state index in [2.05, 4.69) is 10.1 Å². The Balaban J connectivity index is 1.62. The van der Waals surface area contributed by atoms with Gasteiger partial charge in [0.25, 0.3) is 0 Å². The van der Waals surface area contributed by atoms with E-state index in [1.54, 1.807) is 11.9 Å². The van der Waals surface area contributed by atoms with E-state index in [-0.39, 0.29) is 11.3 Å². The standard InChI is InChI=1S/C12H17N3O3/c1-12(6-17-7-12)11(16)15(2)5-9-13-10(18-14-9)8-3-4-8/h8H,3-7H2,1-2H3. The molecule has 1 aliphatic heterocycles. The smallest absolute Gasteiger partial charge is 0.233 e. The number of amides is 1. The molecular weight excluding hydrogens is 234 g/mol. The second kappa shape index (κ2) is 4.05. The third kappa shape index (κ3) is 2.01. The van der Waals surface area contributed by atoms with Gasteiger partial charge in [-0.2, -0.15) is 4.98 Å². The molecule has 6 nitrogen and oxygen atoms in total. The van der Waals surface area contributed by atoms with Gasteiger partial charge in [-0.05, 0) is 19.8 Å². The number of rotatable bonds is 4. The Kier molecular flexibility index (Phi) is 2.62. The van der Waals surface area contributed by atoms with Crippen molar-refractivity contribution in [1.82, 2.24) is 15.0 Å². The fourth-order valence-corrected chi connectivity index (χ4v) is 2.10. The lowest BCUT2D eigenvalue weighted by Crippen LogP contribution is -2.52. The zero-order valence-electron chi connectivity index (χ0n) is 10.7. The van der Waals surface area contributed by atoms with Crippen molar-refractivity contribution in [2.24, 2.45) is 5.41 Å². The lowest BCUT2D eigenvalue weighted by Gasteiger charge is -2.38. The molecule has 1 aromatic rings. The predicted octanol–water partition coefficient (Wildman–Crippen LogP) is 0.942. The van der Waals surface area contributed by atoms with Gasteiger partial charge in [-0.3, -0.25) is 4.79 Å². The van der Waals surface area contributed by atoms with Crippen LogP contribution in [0.15, 0.2) is 4.52 Å². The van der Waals surface area contributed by atoms with Gasteiger partial charge in [-0.15, -0.1) is 0 Å². The highest BCUT2D eigenvalue weighted by atomic mass is 16.5. The van der Waals surface area contributed by atoms with E-state index < -0.39 is 0 Å². The van der Waals surface area contributed by atoms with Gasteiger partial charge in [-0.1, -0.05) is 5.16 Å². The fourth-order valence-electron chi connectivity index (χ4n) is 2.10. The van der Waals surface area contributed by atoms with E-state index in [9.17, 15) is 4.79 Å². The van der Waals surface area contributed by atoms with Gasteiger partial charge in [0.2, 0.25) is 11.8 Å². The van der Waals surface area contributed by atoms with Crippen molar-refractivity contribution in [2.75, 3.05) is 20.3 Å². The Hall–Kier alpha value is -1.43. The van der Waals surface area contributed by atoms with Gasteiger partial charge >= 0.3 is 0 Å². The second-order valence-corrected chi connectivity index (χ2v) is 5.54. The predicted molar refractivity (Wildman–Crippen MR) is 61.7 cm³/mol. The van der Waals surface area contributed by atoms with Crippen molar-refractivity contribution in [1.29, 1.82) is 0 Å². The number of aromatic nitrogens is 2. The molecule has 1 aliphatic carbocycles. The van der Waals surface area contributed by atoms with Crippen molar-refractivity contribution in [3.8, 4) is 0 Å². The van der Waals surface area contributed by atoms with E-state index in [4.69, 9.17) is 9.26 Å². The molecule has 1 aromatic heterocycles. The van der Waals surface area contributed by atoms with Gasteiger partial charge < -0.3 is 14.2 Å². The van der Waals surface area contributed by atoms with E-state index >= 15 is 0 Å². The maximum Gasteiger partial charge on any atom is 0.233 e. The summed E-state index contributed by atoms with van der Waals surface area (Å²) in [5, 5.41) is 3.91. The summed E-state index contributed by atoms with van der Waals surface area (Å²) in [7, 11) is 1.76. The largest absolute Gasteiger partial charge is 0.379 e. The van der Waals surface area contributed by atoms with Crippen molar-refractivity contribution in [3.05, 3.63) is 11.7 Å². The minimum absolute atomic E-state index is 0.0755. The molecule has 98 valence electrons. The second-order valence-electron chi connectivity index (χ2n) is 5.54. The van der Waals surface area contributed by atoms with Crippen LogP contribution in [0, 0.1) is 5.41 Å². The molecule has 2 aliphatic rings. The molecule has 0 aromatic carbocycles. The summed E-state index contributed by atoms with van der Waals surface area (Å²) in [5.41, 5.74) is -0.377. The molecule has 3 rings (SSSR count). The molecule has 2 heterocycles. The van der Waals surface area contributed by atoms with Crippen LogP contribution in [-0.4, -0.2) is 41.2 Å². The Morgan fingerprint density at radius 2 is 2.22 bits per heavy atom. The van der Waals surface area contributed by atoms with Crippen LogP contribution < -0.4 is 0 Å². The number of carbonyl (C=O) groups excluding carboxylic acids is 1. The summed E-state index contributed by atoms with van der Waals surface area (Å²) in [4.78, 5) is 18.1.